The maximum Gasteiger partial charge on any atom is 0.232 e. The number of methoxy groups -OCH3 is 1. The summed E-state index contributed by atoms with van der Waals surface area (Å²) < 4.78 is 32.1. The van der Waals surface area contributed by atoms with Crippen LogP contribution in [-0.2, 0) is 16.0 Å². The van der Waals surface area contributed by atoms with Crippen LogP contribution in [0.15, 0.2) is 48.8 Å². The summed E-state index contributed by atoms with van der Waals surface area (Å²) in [6.07, 6.45) is 4.07. The van der Waals surface area contributed by atoms with Crippen LogP contribution in [0.4, 0.5) is 10.2 Å². The maximum absolute atomic E-state index is 15.5. The van der Waals surface area contributed by atoms with Crippen molar-refractivity contribution in [2.24, 2.45) is 5.92 Å². The predicted molar refractivity (Wildman–Crippen MR) is 152 cm³/mol. The molecule has 0 bridgehead atoms. The van der Waals surface area contributed by atoms with Gasteiger partial charge in [-0.15, -0.1) is 9.24 Å². The molecule has 2 fully saturated rings. The van der Waals surface area contributed by atoms with Crippen LogP contribution in [0.1, 0.15) is 53.6 Å². The standard InChI is InChI=1S/C30H33FN3O5P/c1-3-18-6-8-19(9-7-18)25(35)13-22-23(29-24(31)11-21(37-2)12-26(29)40)15-34(30(22)36)27-14-28(33-17-32-27)39-16-20-5-4-10-38-20/h6-9,11-12,14,17,20,22-23H,3-5,10,13,15-16,40H2,1-2H3/t20?,22-,23+/m0/s1. The smallest absolute Gasteiger partial charge is 0.232 e. The van der Waals surface area contributed by atoms with Gasteiger partial charge in [0, 0.05) is 48.8 Å². The lowest BCUT2D eigenvalue weighted by atomic mass is 9.83. The average molecular weight is 566 g/mol. The highest BCUT2D eigenvalue weighted by Gasteiger charge is 2.45. The number of rotatable bonds is 10. The van der Waals surface area contributed by atoms with Gasteiger partial charge in [0.15, 0.2) is 5.78 Å². The Labute approximate surface area is 235 Å². The van der Waals surface area contributed by atoms with Gasteiger partial charge in [0.1, 0.15) is 30.3 Å². The van der Waals surface area contributed by atoms with E-state index in [1.54, 1.807) is 24.3 Å². The molecular weight excluding hydrogens is 532 g/mol. The first kappa shape index (κ1) is 28.1. The van der Waals surface area contributed by atoms with Crippen molar-refractivity contribution in [2.45, 2.75) is 44.6 Å². The number of benzene rings is 2. The molecule has 10 heteroatoms. The Morgan fingerprint density at radius 2 is 2.00 bits per heavy atom. The summed E-state index contributed by atoms with van der Waals surface area (Å²) >= 11 is 0. The number of halogens is 1. The third-order valence-electron chi connectivity index (χ3n) is 7.62. The van der Waals surface area contributed by atoms with Gasteiger partial charge in [-0.25, -0.2) is 14.4 Å². The molecule has 0 radical (unpaired) electrons. The Hall–Kier alpha value is -3.42. The molecule has 0 spiro atoms. The minimum atomic E-state index is -0.785. The fraction of sp³-hybridized carbons (Fsp3) is 0.400. The van der Waals surface area contributed by atoms with Crippen molar-refractivity contribution >= 4 is 32.1 Å². The van der Waals surface area contributed by atoms with Gasteiger partial charge in [0.25, 0.3) is 0 Å². The van der Waals surface area contributed by atoms with Crippen molar-refractivity contribution in [1.82, 2.24) is 9.97 Å². The van der Waals surface area contributed by atoms with Gasteiger partial charge in [-0.1, -0.05) is 31.2 Å². The Bertz CT molecular complexity index is 1360. The van der Waals surface area contributed by atoms with E-state index in [9.17, 15) is 9.59 Å². The first-order chi connectivity index (χ1) is 19.4. The highest BCUT2D eigenvalue weighted by atomic mass is 31.0. The molecule has 2 aliphatic rings. The van der Waals surface area contributed by atoms with Gasteiger partial charge >= 0.3 is 0 Å². The molecule has 3 heterocycles. The van der Waals surface area contributed by atoms with E-state index in [0.717, 1.165) is 31.4 Å². The number of hydrogen-bond acceptors (Lipinski definition) is 7. The molecule has 2 aliphatic heterocycles. The Balaban J connectivity index is 1.44. The summed E-state index contributed by atoms with van der Waals surface area (Å²) in [5, 5.41) is 0.574. The Kier molecular flexibility index (Phi) is 8.72. The molecule has 0 N–H and O–H groups in total. The van der Waals surface area contributed by atoms with Gasteiger partial charge in [-0.3, -0.25) is 14.5 Å². The normalized spacial score (nSPS) is 20.6. The minimum Gasteiger partial charge on any atom is -0.497 e. The molecule has 0 saturated carbocycles. The number of anilines is 1. The van der Waals surface area contributed by atoms with Crippen LogP contribution in [0, 0.1) is 11.7 Å². The summed E-state index contributed by atoms with van der Waals surface area (Å²) in [4.78, 5) is 37.2. The van der Waals surface area contributed by atoms with E-state index in [4.69, 9.17) is 14.2 Å². The lowest BCUT2D eigenvalue weighted by Gasteiger charge is -2.20. The third-order valence-corrected chi connectivity index (χ3v) is 8.10. The summed E-state index contributed by atoms with van der Waals surface area (Å²) in [6, 6.07) is 12.0. The minimum absolute atomic E-state index is 0.0107. The quantitative estimate of drug-likeness (QED) is 0.268. The van der Waals surface area contributed by atoms with Crippen LogP contribution in [0.2, 0.25) is 0 Å². The highest BCUT2D eigenvalue weighted by Crippen LogP contribution is 2.40. The maximum atomic E-state index is 15.5. The number of Topliss-reactive ketones (excluding diaryl/α,β-unsaturated/α-hetero) is 1. The number of amides is 1. The highest BCUT2D eigenvalue weighted by molar-refractivity contribution is 7.27. The van der Waals surface area contributed by atoms with Gasteiger partial charge in [0.05, 0.1) is 19.1 Å². The molecule has 40 heavy (non-hydrogen) atoms. The van der Waals surface area contributed by atoms with Crippen LogP contribution in [0.5, 0.6) is 11.6 Å². The molecule has 1 amide bonds. The number of carbonyl (C=O) groups is 2. The van der Waals surface area contributed by atoms with Crippen LogP contribution in [0.3, 0.4) is 0 Å². The van der Waals surface area contributed by atoms with E-state index in [2.05, 4.69) is 19.2 Å². The van der Waals surface area contributed by atoms with Gasteiger partial charge in [0.2, 0.25) is 11.8 Å². The van der Waals surface area contributed by atoms with E-state index in [0.29, 0.717) is 40.5 Å². The van der Waals surface area contributed by atoms with Gasteiger partial charge in [-0.05, 0) is 36.2 Å². The third kappa shape index (κ3) is 6.01. The number of hydrogen-bond donors (Lipinski definition) is 0. The van der Waals surface area contributed by atoms with Crippen molar-refractivity contribution in [1.29, 1.82) is 0 Å². The second-order valence-electron chi connectivity index (χ2n) is 10.1. The van der Waals surface area contributed by atoms with E-state index >= 15 is 4.39 Å². The number of nitrogens with zero attached hydrogens (tertiary/aromatic N) is 3. The number of aryl methyl sites for hydroxylation is 1. The Morgan fingerprint density at radius 1 is 1.20 bits per heavy atom. The van der Waals surface area contributed by atoms with Gasteiger partial charge < -0.3 is 14.2 Å². The fourth-order valence-electron chi connectivity index (χ4n) is 5.39. The van der Waals surface area contributed by atoms with E-state index in [1.165, 1.54) is 24.4 Å². The molecule has 2 saturated heterocycles. The topological polar surface area (TPSA) is 90.9 Å². The SMILES string of the molecule is CCc1ccc(C(=O)C[C@@H]2C(=O)N(c3cc(OCC4CCCO4)ncn3)C[C@H]2c2c(F)cc(OC)cc2P)cc1. The number of aromatic nitrogens is 2. The number of ketones is 1. The molecule has 4 atom stereocenters. The molecule has 3 aromatic rings. The fourth-order valence-corrected chi connectivity index (χ4v) is 5.91. The largest absolute Gasteiger partial charge is 0.497 e. The number of carbonyl (C=O) groups excluding carboxylic acids is 2. The van der Waals surface area contributed by atoms with Crippen molar-refractivity contribution in [3.05, 3.63) is 71.3 Å². The lowest BCUT2D eigenvalue weighted by Crippen LogP contribution is -2.29. The molecule has 2 unspecified atom stereocenters. The molecule has 210 valence electrons. The summed E-state index contributed by atoms with van der Waals surface area (Å²) in [6.45, 7) is 3.27. The van der Waals surface area contributed by atoms with Crippen molar-refractivity contribution < 1.29 is 28.2 Å². The average Bonchev–Trinajstić information content (AvgIpc) is 3.60. The monoisotopic (exact) mass is 565 g/mol. The molecule has 8 nitrogen and oxygen atoms in total. The van der Waals surface area contributed by atoms with Crippen LogP contribution >= 0.6 is 9.24 Å². The van der Waals surface area contributed by atoms with Crippen molar-refractivity contribution in [3.8, 4) is 11.6 Å². The van der Waals surface area contributed by atoms with Crippen molar-refractivity contribution in [2.75, 3.05) is 31.8 Å². The molecule has 5 rings (SSSR count). The zero-order valence-electron chi connectivity index (χ0n) is 22.6. The number of ether oxygens (including phenoxy) is 3. The van der Waals surface area contributed by atoms with E-state index in [-0.39, 0.29) is 30.8 Å². The second-order valence-corrected chi connectivity index (χ2v) is 10.7. The summed E-state index contributed by atoms with van der Waals surface area (Å²) in [5.74, 6) is -1.29. The van der Waals surface area contributed by atoms with Crippen LogP contribution in [-0.4, -0.2) is 54.6 Å². The zero-order valence-corrected chi connectivity index (χ0v) is 23.8. The molecule has 2 aromatic carbocycles. The van der Waals surface area contributed by atoms with Crippen LogP contribution < -0.4 is 19.7 Å². The lowest BCUT2D eigenvalue weighted by molar-refractivity contribution is -0.120. The molecule has 0 aliphatic carbocycles. The van der Waals surface area contributed by atoms with Gasteiger partial charge in [-0.2, -0.15) is 0 Å². The summed E-state index contributed by atoms with van der Waals surface area (Å²) in [5.41, 5.74) is 2.01. The van der Waals surface area contributed by atoms with Crippen LogP contribution in [0.25, 0.3) is 0 Å². The zero-order chi connectivity index (χ0) is 28.2. The Morgan fingerprint density at radius 3 is 2.67 bits per heavy atom. The summed E-state index contributed by atoms with van der Waals surface area (Å²) in [7, 11) is 4.01. The van der Waals surface area contributed by atoms with E-state index < -0.39 is 17.7 Å². The predicted octanol–water partition coefficient (Wildman–Crippen LogP) is 4.26. The first-order valence-electron chi connectivity index (χ1n) is 13.5. The first-order valence-corrected chi connectivity index (χ1v) is 14.1. The molecule has 1 aromatic heterocycles. The van der Waals surface area contributed by atoms with E-state index in [1.807, 2.05) is 19.1 Å². The molecular formula is C30H33FN3O5P. The second kappa shape index (κ2) is 12.4. The van der Waals surface area contributed by atoms with Crippen molar-refractivity contribution in [3.63, 3.8) is 0 Å².